The number of hydrogen-bond donors (Lipinski definition) is 4. The molecule has 2 fully saturated rings. The van der Waals surface area contributed by atoms with Crippen molar-refractivity contribution in [2.24, 2.45) is 23.5 Å². The van der Waals surface area contributed by atoms with Gasteiger partial charge >= 0.3 is 0 Å². The zero-order valence-corrected chi connectivity index (χ0v) is 23.5. The van der Waals surface area contributed by atoms with Crippen LogP contribution < -0.4 is 5.73 Å². The summed E-state index contributed by atoms with van der Waals surface area (Å²) in [5.41, 5.74) is 9.37. The van der Waals surface area contributed by atoms with E-state index < -0.39 is 52.6 Å². The third kappa shape index (κ3) is 4.42. The molecule has 4 atom stereocenters. The fourth-order valence-corrected chi connectivity index (χ4v) is 7.85. The number of nitrogens with two attached hydrogens (primary N) is 1. The minimum Gasteiger partial charge on any atom is -0.510 e. The maximum atomic E-state index is 13.9. The van der Waals surface area contributed by atoms with E-state index in [1.165, 1.54) is 24.8 Å². The van der Waals surface area contributed by atoms with Crippen LogP contribution in [0.15, 0.2) is 46.8 Å². The van der Waals surface area contributed by atoms with Crippen LogP contribution in [0.3, 0.4) is 0 Å². The number of amides is 1. The van der Waals surface area contributed by atoms with E-state index in [1.54, 1.807) is 25.1 Å². The molecule has 0 aromatic heterocycles. The molecule has 9 heteroatoms. The molecule has 4 aliphatic carbocycles. The SMILES string of the molecule is CN(C)[C@@H]1C(O)=C(C(N)=O)C(=O)C2C(=O)C3=C(O)c4c(O)ccc(C5=CC=C(CN6CCCCC6)C5)c4C[C@H]3C[C@H]21. The highest BCUT2D eigenvalue weighted by atomic mass is 16.3. The van der Waals surface area contributed by atoms with Crippen molar-refractivity contribution in [3.05, 3.63) is 63.5 Å². The molecule has 1 aliphatic heterocycles. The average Bonchev–Trinajstić information content (AvgIpc) is 3.36. The van der Waals surface area contributed by atoms with E-state index in [9.17, 15) is 29.7 Å². The summed E-state index contributed by atoms with van der Waals surface area (Å²) >= 11 is 0. The van der Waals surface area contributed by atoms with Crippen molar-refractivity contribution >= 4 is 28.8 Å². The van der Waals surface area contributed by atoms with E-state index in [4.69, 9.17) is 5.73 Å². The van der Waals surface area contributed by atoms with Crippen molar-refractivity contribution in [1.82, 2.24) is 9.80 Å². The van der Waals surface area contributed by atoms with Crippen LogP contribution in [0.1, 0.15) is 48.8 Å². The quantitative estimate of drug-likeness (QED) is 0.318. The first-order valence-corrected chi connectivity index (χ1v) is 14.5. The van der Waals surface area contributed by atoms with E-state index in [2.05, 4.69) is 17.1 Å². The number of aromatic hydroxyl groups is 1. The predicted molar refractivity (Wildman–Crippen MR) is 154 cm³/mol. The fraction of sp³-hybridized carbons (Fsp3) is 0.469. The molecule has 41 heavy (non-hydrogen) atoms. The number of phenols is 1. The molecule has 0 radical (unpaired) electrons. The number of carbonyl (C=O) groups excluding carboxylic acids is 3. The number of Topliss-reactive ketones (excluding diaryl/α,β-unsaturated/α-hetero) is 2. The lowest BCUT2D eigenvalue weighted by Gasteiger charge is -2.46. The molecule has 1 aromatic carbocycles. The molecule has 1 aromatic rings. The summed E-state index contributed by atoms with van der Waals surface area (Å²) < 4.78 is 0. The van der Waals surface area contributed by atoms with Crippen LogP contribution in [0.5, 0.6) is 5.75 Å². The zero-order valence-electron chi connectivity index (χ0n) is 23.5. The van der Waals surface area contributed by atoms with Gasteiger partial charge in [-0.25, -0.2) is 0 Å². The molecular weight excluding hydrogens is 522 g/mol. The number of benzene rings is 1. The van der Waals surface area contributed by atoms with Gasteiger partial charge in [0, 0.05) is 12.1 Å². The monoisotopic (exact) mass is 559 g/mol. The Morgan fingerprint density at radius 1 is 1.05 bits per heavy atom. The molecule has 0 bridgehead atoms. The Kier molecular flexibility index (Phi) is 6.90. The average molecular weight is 560 g/mol. The summed E-state index contributed by atoms with van der Waals surface area (Å²) in [7, 11) is 3.43. The maximum Gasteiger partial charge on any atom is 0.255 e. The number of nitrogens with zero attached hydrogens (tertiary/aromatic N) is 2. The Hall–Kier alpha value is -3.69. The normalized spacial score (nSPS) is 28.4. The molecule has 1 unspecified atom stereocenters. The van der Waals surface area contributed by atoms with Gasteiger partial charge in [0.25, 0.3) is 5.91 Å². The van der Waals surface area contributed by atoms with Gasteiger partial charge in [-0.2, -0.15) is 0 Å². The molecule has 1 saturated carbocycles. The van der Waals surface area contributed by atoms with E-state index in [0.29, 0.717) is 12.8 Å². The Balaban J connectivity index is 1.35. The number of carbonyl (C=O) groups is 3. The number of fused-ring (bicyclic) bond motifs is 3. The minimum absolute atomic E-state index is 0.103. The van der Waals surface area contributed by atoms with E-state index in [-0.39, 0.29) is 22.6 Å². The van der Waals surface area contributed by atoms with Crippen LogP contribution in [0.25, 0.3) is 11.3 Å². The number of piperidine rings is 1. The number of phenolic OH excluding ortho intramolecular Hbond substituents is 1. The second-order valence-electron chi connectivity index (χ2n) is 12.3. The van der Waals surface area contributed by atoms with Gasteiger partial charge in [0.15, 0.2) is 11.6 Å². The molecule has 6 rings (SSSR count). The van der Waals surface area contributed by atoms with Crippen LogP contribution in [0, 0.1) is 17.8 Å². The Morgan fingerprint density at radius 2 is 1.78 bits per heavy atom. The van der Waals surface area contributed by atoms with Crippen LogP contribution in [-0.2, 0) is 20.8 Å². The Morgan fingerprint density at radius 3 is 2.46 bits per heavy atom. The number of likely N-dealkylation sites (tertiary alicyclic amines) is 1. The summed E-state index contributed by atoms with van der Waals surface area (Å²) in [6.45, 7) is 3.16. The first-order chi connectivity index (χ1) is 19.6. The second-order valence-corrected chi connectivity index (χ2v) is 12.3. The summed E-state index contributed by atoms with van der Waals surface area (Å²) in [5, 5.41) is 33.3. The number of primary amides is 1. The van der Waals surface area contributed by atoms with E-state index in [0.717, 1.165) is 42.8 Å². The second kappa shape index (κ2) is 10.3. The highest BCUT2D eigenvalue weighted by Crippen LogP contribution is 2.51. The fourth-order valence-electron chi connectivity index (χ4n) is 7.85. The van der Waals surface area contributed by atoms with Gasteiger partial charge < -0.3 is 21.1 Å². The summed E-state index contributed by atoms with van der Waals surface area (Å²) in [6.07, 6.45) is 9.54. The smallest absolute Gasteiger partial charge is 0.255 e. The number of aliphatic hydroxyl groups is 2. The van der Waals surface area contributed by atoms with Crippen LogP contribution in [-0.4, -0.2) is 82.4 Å². The van der Waals surface area contributed by atoms with Gasteiger partial charge in [-0.05, 0) is 93.9 Å². The largest absolute Gasteiger partial charge is 0.510 e. The summed E-state index contributed by atoms with van der Waals surface area (Å²) in [6, 6.07) is 2.67. The molecule has 216 valence electrons. The lowest BCUT2D eigenvalue weighted by molar-refractivity contribution is -0.136. The summed E-state index contributed by atoms with van der Waals surface area (Å²) in [4.78, 5) is 43.6. The summed E-state index contributed by atoms with van der Waals surface area (Å²) in [5.74, 6) is -5.58. The van der Waals surface area contributed by atoms with Crippen molar-refractivity contribution in [2.45, 2.75) is 44.6 Å². The number of hydrogen-bond acceptors (Lipinski definition) is 8. The van der Waals surface area contributed by atoms with Gasteiger partial charge in [-0.3, -0.25) is 24.2 Å². The Bertz CT molecular complexity index is 1480. The van der Waals surface area contributed by atoms with Gasteiger partial charge in [-0.1, -0.05) is 30.2 Å². The van der Waals surface area contributed by atoms with E-state index in [1.807, 2.05) is 6.07 Å². The van der Waals surface area contributed by atoms with Crippen LogP contribution >= 0.6 is 0 Å². The van der Waals surface area contributed by atoms with Crippen LogP contribution in [0.2, 0.25) is 0 Å². The number of aliphatic hydroxyl groups excluding tert-OH is 2. The highest BCUT2D eigenvalue weighted by Gasteiger charge is 2.55. The van der Waals surface area contributed by atoms with Crippen molar-refractivity contribution in [3.63, 3.8) is 0 Å². The molecule has 1 saturated heterocycles. The standard InChI is InChI=1S/C32H37N3O6/c1-34(2)27-21-14-18-13-20-19(17-7-6-16(12-17)15-35-10-4-3-5-11-35)8-9-22(36)24(20)28(37)23(18)29(38)25(21)30(39)26(31(27)40)32(33)41/h6-9,18,21,25,27,36-37,40H,3-5,10-15H2,1-2H3,(H2,33,41)/t18-,21+,25?,27-/m0/s1. The van der Waals surface area contributed by atoms with E-state index >= 15 is 0 Å². The van der Waals surface area contributed by atoms with Gasteiger partial charge in [0.05, 0.1) is 17.5 Å². The van der Waals surface area contributed by atoms with Gasteiger partial charge in [0.2, 0.25) is 0 Å². The lowest BCUT2D eigenvalue weighted by Crippen LogP contribution is -2.55. The predicted octanol–water partition coefficient (Wildman–Crippen LogP) is 3.05. The third-order valence-electron chi connectivity index (χ3n) is 9.61. The number of allylic oxidation sites excluding steroid dienone is 4. The van der Waals surface area contributed by atoms with Gasteiger partial charge in [-0.15, -0.1) is 0 Å². The third-order valence-corrected chi connectivity index (χ3v) is 9.61. The molecule has 9 nitrogen and oxygen atoms in total. The molecule has 1 amide bonds. The maximum absolute atomic E-state index is 13.9. The number of rotatable bonds is 5. The highest BCUT2D eigenvalue weighted by molar-refractivity contribution is 6.28. The topological polar surface area (TPSA) is 144 Å². The van der Waals surface area contributed by atoms with Crippen molar-refractivity contribution in [2.75, 3.05) is 33.7 Å². The van der Waals surface area contributed by atoms with Crippen LogP contribution in [0.4, 0.5) is 0 Å². The first-order valence-electron chi connectivity index (χ1n) is 14.5. The number of likely N-dealkylation sites (N-methyl/N-ethyl adjacent to an activating group) is 1. The molecule has 0 spiro atoms. The molecule has 5 N–H and O–H groups in total. The number of ketones is 2. The molecule has 1 heterocycles. The first kappa shape index (κ1) is 27.5. The van der Waals surface area contributed by atoms with Crippen molar-refractivity contribution in [1.29, 1.82) is 0 Å². The minimum atomic E-state index is -1.25. The zero-order chi connectivity index (χ0) is 29.2. The van der Waals surface area contributed by atoms with Crippen molar-refractivity contribution in [3.8, 4) is 5.75 Å². The van der Waals surface area contributed by atoms with Crippen molar-refractivity contribution < 1.29 is 29.7 Å². The lowest BCUT2D eigenvalue weighted by atomic mass is 9.59. The molecular formula is C32H37N3O6. The van der Waals surface area contributed by atoms with Gasteiger partial charge in [0.1, 0.15) is 22.8 Å². The molecule has 5 aliphatic rings. The Labute approximate surface area is 239 Å².